The third-order valence-corrected chi connectivity index (χ3v) is 2.20. The number of hydrogen-bond donors (Lipinski definition) is 0. The van der Waals surface area contributed by atoms with Gasteiger partial charge in [0.15, 0.2) is 0 Å². The molecular weight excluding hydrogens is 211 g/mol. The normalized spacial score (nSPS) is 9.94. The number of carbonyl (C=O) groups is 1. The first-order valence-corrected chi connectivity index (χ1v) is 5.03. The van der Waals surface area contributed by atoms with Gasteiger partial charge in [-0.15, -0.1) is 0 Å². The minimum Gasteiger partial charge on any atom is -0.469 e. The fraction of sp³-hybridized carbons (Fsp3) is 0.455. The number of rotatable bonds is 5. The number of nitrogens with zero attached hydrogens (tertiary/aromatic N) is 2. The second kappa shape index (κ2) is 6.05. The zero-order chi connectivity index (χ0) is 12.0. The van der Waals surface area contributed by atoms with Crippen molar-refractivity contribution in [3.63, 3.8) is 0 Å². The summed E-state index contributed by atoms with van der Waals surface area (Å²) in [7, 11) is 3.21. The Morgan fingerprint density at radius 3 is 2.88 bits per heavy atom. The molecular formula is C11H15FN2O2. The molecule has 0 aromatic carbocycles. The fourth-order valence-electron chi connectivity index (χ4n) is 1.27. The molecule has 5 heteroatoms. The summed E-state index contributed by atoms with van der Waals surface area (Å²) in [5.41, 5.74) is 0. The quantitative estimate of drug-likeness (QED) is 0.715. The third kappa shape index (κ3) is 3.84. The van der Waals surface area contributed by atoms with Crippen LogP contribution in [0.4, 0.5) is 10.2 Å². The summed E-state index contributed by atoms with van der Waals surface area (Å²) in [6.07, 6.45) is 2.23. The molecule has 1 aromatic rings. The van der Waals surface area contributed by atoms with Gasteiger partial charge in [0.1, 0.15) is 11.6 Å². The van der Waals surface area contributed by atoms with E-state index in [-0.39, 0.29) is 11.8 Å². The predicted octanol–water partition coefficient (Wildman–Crippen LogP) is 1.61. The van der Waals surface area contributed by atoms with Crippen molar-refractivity contribution in [3.05, 3.63) is 24.1 Å². The van der Waals surface area contributed by atoms with Gasteiger partial charge < -0.3 is 9.64 Å². The first-order chi connectivity index (χ1) is 7.63. The monoisotopic (exact) mass is 226 g/mol. The number of ether oxygens (including phenoxy) is 1. The van der Waals surface area contributed by atoms with Crippen LogP contribution in [0.3, 0.4) is 0 Å². The lowest BCUT2D eigenvalue weighted by Crippen LogP contribution is -2.20. The topological polar surface area (TPSA) is 42.4 Å². The molecule has 1 heterocycles. The Morgan fingerprint density at radius 1 is 1.56 bits per heavy atom. The van der Waals surface area contributed by atoms with Crippen molar-refractivity contribution in [2.24, 2.45) is 0 Å². The van der Waals surface area contributed by atoms with E-state index in [0.29, 0.717) is 25.2 Å². The minimum absolute atomic E-state index is 0.222. The second-order valence-electron chi connectivity index (χ2n) is 3.44. The SMILES string of the molecule is COC(=O)CCCN(C)c1ccc(F)cn1. The van der Waals surface area contributed by atoms with E-state index in [2.05, 4.69) is 9.72 Å². The fourth-order valence-corrected chi connectivity index (χ4v) is 1.27. The number of esters is 1. The summed E-state index contributed by atoms with van der Waals surface area (Å²) in [6, 6.07) is 2.96. The molecule has 0 unspecified atom stereocenters. The van der Waals surface area contributed by atoms with Crippen molar-refractivity contribution in [2.75, 3.05) is 25.6 Å². The molecule has 4 nitrogen and oxygen atoms in total. The standard InChI is InChI=1S/C11H15FN2O2/c1-14(7-3-4-11(15)16-2)10-6-5-9(12)8-13-10/h5-6,8H,3-4,7H2,1-2H3. The molecule has 0 radical (unpaired) electrons. The van der Waals surface area contributed by atoms with Gasteiger partial charge in [0.05, 0.1) is 13.3 Å². The summed E-state index contributed by atoms with van der Waals surface area (Å²) in [6.45, 7) is 0.674. The Bertz CT molecular complexity index is 340. The van der Waals surface area contributed by atoms with Gasteiger partial charge in [0.25, 0.3) is 0 Å². The highest BCUT2D eigenvalue weighted by atomic mass is 19.1. The predicted molar refractivity (Wildman–Crippen MR) is 58.7 cm³/mol. The van der Waals surface area contributed by atoms with E-state index in [1.165, 1.54) is 19.4 Å². The summed E-state index contributed by atoms with van der Waals surface area (Å²) >= 11 is 0. The lowest BCUT2D eigenvalue weighted by Gasteiger charge is -2.17. The lowest BCUT2D eigenvalue weighted by molar-refractivity contribution is -0.140. The number of hydrogen-bond acceptors (Lipinski definition) is 4. The Hall–Kier alpha value is -1.65. The van der Waals surface area contributed by atoms with Crippen LogP contribution in [0, 0.1) is 5.82 Å². The van der Waals surface area contributed by atoms with E-state index in [1.807, 2.05) is 11.9 Å². The number of aromatic nitrogens is 1. The van der Waals surface area contributed by atoms with Crippen LogP contribution in [0.2, 0.25) is 0 Å². The molecule has 0 saturated heterocycles. The Labute approximate surface area is 94.0 Å². The number of anilines is 1. The van der Waals surface area contributed by atoms with Crippen molar-refractivity contribution in [2.45, 2.75) is 12.8 Å². The highest BCUT2D eigenvalue weighted by molar-refractivity contribution is 5.69. The molecule has 0 atom stereocenters. The molecule has 1 aromatic heterocycles. The third-order valence-electron chi connectivity index (χ3n) is 2.20. The molecule has 0 bridgehead atoms. The summed E-state index contributed by atoms with van der Waals surface area (Å²) < 4.78 is 17.1. The van der Waals surface area contributed by atoms with Crippen LogP contribution in [-0.4, -0.2) is 31.7 Å². The van der Waals surface area contributed by atoms with E-state index in [9.17, 15) is 9.18 Å². The van der Waals surface area contributed by atoms with Gasteiger partial charge in [-0.2, -0.15) is 0 Å². The van der Waals surface area contributed by atoms with Crippen LogP contribution in [0.1, 0.15) is 12.8 Å². The van der Waals surface area contributed by atoms with E-state index in [1.54, 1.807) is 6.07 Å². The van der Waals surface area contributed by atoms with E-state index >= 15 is 0 Å². The van der Waals surface area contributed by atoms with E-state index < -0.39 is 0 Å². The second-order valence-corrected chi connectivity index (χ2v) is 3.44. The summed E-state index contributed by atoms with van der Waals surface area (Å²) in [5, 5.41) is 0. The molecule has 0 fully saturated rings. The molecule has 0 aliphatic rings. The van der Waals surface area contributed by atoms with Crippen LogP contribution >= 0.6 is 0 Å². The first kappa shape index (κ1) is 12.4. The minimum atomic E-state index is -0.355. The van der Waals surface area contributed by atoms with Gasteiger partial charge >= 0.3 is 5.97 Å². The zero-order valence-corrected chi connectivity index (χ0v) is 9.44. The molecule has 0 aliphatic heterocycles. The van der Waals surface area contributed by atoms with Crippen molar-refractivity contribution in [1.82, 2.24) is 4.98 Å². The molecule has 0 amide bonds. The lowest BCUT2D eigenvalue weighted by atomic mass is 10.3. The van der Waals surface area contributed by atoms with Crippen molar-refractivity contribution >= 4 is 11.8 Å². The van der Waals surface area contributed by atoms with Gasteiger partial charge in [0.2, 0.25) is 0 Å². The van der Waals surface area contributed by atoms with Gasteiger partial charge in [0, 0.05) is 20.0 Å². The molecule has 88 valence electrons. The highest BCUT2D eigenvalue weighted by Crippen LogP contribution is 2.09. The Kier molecular flexibility index (Phi) is 4.69. The number of halogens is 1. The average molecular weight is 226 g/mol. The maximum Gasteiger partial charge on any atom is 0.305 e. The van der Waals surface area contributed by atoms with E-state index in [4.69, 9.17) is 0 Å². The Morgan fingerprint density at radius 2 is 2.31 bits per heavy atom. The zero-order valence-electron chi connectivity index (χ0n) is 9.44. The molecule has 1 rings (SSSR count). The summed E-state index contributed by atoms with van der Waals surface area (Å²) in [4.78, 5) is 16.7. The molecule has 16 heavy (non-hydrogen) atoms. The van der Waals surface area contributed by atoms with Crippen LogP contribution in [0.5, 0.6) is 0 Å². The maximum absolute atomic E-state index is 12.6. The number of methoxy groups -OCH3 is 1. The van der Waals surface area contributed by atoms with Crippen LogP contribution < -0.4 is 4.90 Å². The van der Waals surface area contributed by atoms with Crippen molar-refractivity contribution in [1.29, 1.82) is 0 Å². The van der Waals surface area contributed by atoms with Crippen LogP contribution in [-0.2, 0) is 9.53 Å². The maximum atomic E-state index is 12.6. The van der Waals surface area contributed by atoms with Crippen molar-refractivity contribution < 1.29 is 13.9 Å². The number of pyridine rings is 1. The Balaban J connectivity index is 2.37. The summed E-state index contributed by atoms with van der Waals surface area (Å²) in [5.74, 6) is 0.110. The van der Waals surface area contributed by atoms with Gasteiger partial charge in [-0.05, 0) is 18.6 Å². The smallest absolute Gasteiger partial charge is 0.305 e. The van der Waals surface area contributed by atoms with Crippen molar-refractivity contribution in [3.8, 4) is 0 Å². The van der Waals surface area contributed by atoms with E-state index in [0.717, 1.165) is 0 Å². The first-order valence-electron chi connectivity index (χ1n) is 5.03. The van der Waals surface area contributed by atoms with Gasteiger partial charge in [-0.1, -0.05) is 0 Å². The van der Waals surface area contributed by atoms with Gasteiger partial charge in [-0.25, -0.2) is 9.37 Å². The number of carbonyl (C=O) groups excluding carboxylic acids is 1. The molecule has 0 aliphatic carbocycles. The molecule has 0 N–H and O–H groups in total. The van der Waals surface area contributed by atoms with Crippen LogP contribution in [0.25, 0.3) is 0 Å². The average Bonchev–Trinajstić information content (AvgIpc) is 2.29. The molecule has 0 saturated carbocycles. The van der Waals surface area contributed by atoms with Gasteiger partial charge in [-0.3, -0.25) is 4.79 Å². The largest absolute Gasteiger partial charge is 0.469 e. The molecule has 0 spiro atoms. The highest BCUT2D eigenvalue weighted by Gasteiger charge is 2.04. The van der Waals surface area contributed by atoms with Crippen LogP contribution in [0.15, 0.2) is 18.3 Å².